The molecule has 2 heterocycles. The average Bonchev–Trinajstić information content (AvgIpc) is 2.87. The number of aromatic nitrogens is 2. The molecule has 0 aliphatic rings. The van der Waals surface area contributed by atoms with E-state index in [0.29, 0.717) is 6.42 Å². The molecule has 0 amide bonds. The minimum absolute atomic E-state index is 0.145. The van der Waals surface area contributed by atoms with E-state index in [1.165, 1.54) is 11.3 Å². The summed E-state index contributed by atoms with van der Waals surface area (Å²) in [6, 6.07) is 3.74. The summed E-state index contributed by atoms with van der Waals surface area (Å²) >= 11 is 4.82. The molecule has 2 aromatic rings. The van der Waals surface area contributed by atoms with Gasteiger partial charge in [-0.3, -0.25) is 9.48 Å². The second-order valence-corrected chi connectivity index (χ2v) is 5.87. The molecule has 0 atom stereocenters. The molecule has 0 bridgehead atoms. The fourth-order valence-corrected chi connectivity index (χ4v) is 2.73. The summed E-state index contributed by atoms with van der Waals surface area (Å²) < 4.78 is 2.81. The molecule has 0 saturated carbocycles. The molecule has 0 radical (unpaired) electrons. The van der Waals surface area contributed by atoms with Crippen molar-refractivity contribution in [1.82, 2.24) is 9.78 Å². The molecule has 0 spiro atoms. The highest BCUT2D eigenvalue weighted by atomic mass is 79.9. The van der Waals surface area contributed by atoms with E-state index in [2.05, 4.69) is 21.0 Å². The molecule has 5 heteroatoms. The van der Waals surface area contributed by atoms with Crippen molar-refractivity contribution in [1.29, 1.82) is 0 Å². The van der Waals surface area contributed by atoms with E-state index < -0.39 is 0 Å². The van der Waals surface area contributed by atoms with Crippen molar-refractivity contribution in [3.63, 3.8) is 0 Å². The van der Waals surface area contributed by atoms with Crippen molar-refractivity contribution in [2.45, 2.75) is 19.9 Å². The Hall–Kier alpha value is -0.940. The molecule has 0 unspecified atom stereocenters. The molecule has 3 nitrogen and oxygen atoms in total. The predicted molar refractivity (Wildman–Crippen MR) is 68.0 cm³/mol. The Kier molecular flexibility index (Phi) is 3.56. The smallest absolute Gasteiger partial charge is 0.177 e. The zero-order chi connectivity index (χ0) is 11.5. The van der Waals surface area contributed by atoms with Gasteiger partial charge in [0.2, 0.25) is 0 Å². The highest BCUT2D eigenvalue weighted by Gasteiger charge is 2.10. The zero-order valence-corrected chi connectivity index (χ0v) is 11.2. The molecule has 16 heavy (non-hydrogen) atoms. The van der Waals surface area contributed by atoms with Crippen molar-refractivity contribution in [3.05, 3.63) is 38.8 Å². The van der Waals surface area contributed by atoms with Gasteiger partial charge in [-0.2, -0.15) is 5.10 Å². The summed E-state index contributed by atoms with van der Waals surface area (Å²) in [7, 11) is 0. The van der Waals surface area contributed by atoms with Gasteiger partial charge >= 0.3 is 0 Å². The van der Waals surface area contributed by atoms with Gasteiger partial charge in [0.05, 0.1) is 14.9 Å². The number of halogens is 1. The largest absolute Gasteiger partial charge is 0.293 e. The maximum atomic E-state index is 11.9. The third kappa shape index (κ3) is 2.59. The number of ketones is 1. The zero-order valence-electron chi connectivity index (χ0n) is 8.81. The summed E-state index contributed by atoms with van der Waals surface area (Å²) in [6.45, 7) is 2.85. The first kappa shape index (κ1) is 11.5. The highest BCUT2D eigenvalue weighted by molar-refractivity contribution is 9.11. The standard InChI is InChI=1S/C11H11BrN2OS/c1-2-14-7-8(6-13-14)5-9(15)10-3-4-11(12)16-10/h3-4,6-7H,2,5H2,1H3. The summed E-state index contributed by atoms with van der Waals surface area (Å²) in [5.41, 5.74) is 0.969. The van der Waals surface area contributed by atoms with Crippen molar-refractivity contribution in [3.8, 4) is 0 Å². The molecule has 2 rings (SSSR count). The number of aryl methyl sites for hydroxylation is 1. The number of carbonyl (C=O) groups is 1. The van der Waals surface area contributed by atoms with Crippen LogP contribution in [0.2, 0.25) is 0 Å². The van der Waals surface area contributed by atoms with Crippen LogP contribution >= 0.6 is 27.3 Å². The van der Waals surface area contributed by atoms with Gasteiger partial charge in [0.15, 0.2) is 5.78 Å². The normalized spacial score (nSPS) is 10.6. The molecular formula is C11H11BrN2OS. The number of hydrogen-bond acceptors (Lipinski definition) is 3. The average molecular weight is 299 g/mol. The molecule has 0 aromatic carbocycles. The number of hydrogen-bond donors (Lipinski definition) is 0. The highest BCUT2D eigenvalue weighted by Crippen LogP contribution is 2.23. The first-order valence-electron chi connectivity index (χ1n) is 4.99. The van der Waals surface area contributed by atoms with Gasteiger partial charge in [-0.1, -0.05) is 0 Å². The van der Waals surface area contributed by atoms with Gasteiger partial charge in [-0.15, -0.1) is 11.3 Å². The van der Waals surface area contributed by atoms with Crippen LogP contribution in [0.25, 0.3) is 0 Å². The molecule has 0 N–H and O–H groups in total. The van der Waals surface area contributed by atoms with Crippen LogP contribution in [0, 0.1) is 0 Å². The van der Waals surface area contributed by atoms with Gasteiger partial charge in [-0.05, 0) is 40.5 Å². The second-order valence-electron chi connectivity index (χ2n) is 3.41. The van der Waals surface area contributed by atoms with E-state index in [0.717, 1.165) is 20.8 Å². The van der Waals surface area contributed by atoms with Crippen LogP contribution in [0.5, 0.6) is 0 Å². The van der Waals surface area contributed by atoms with Crippen molar-refractivity contribution in [2.75, 3.05) is 0 Å². The van der Waals surface area contributed by atoms with Crippen LogP contribution in [0.3, 0.4) is 0 Å². The lowest BCUT2D eigenvalue weighted by Crippen LogP contribution is -2.00. The van der Waals surface area contributed by atoms with Gasteiger partial charge < -0.3 is 0 Å². The summed E-state index contributed by atoms with van der Waals surface area (Å²) in [4.78, 5) is 12.7. The lowest BCUT2D eigenvalue weighted by Gasteiger charge is -1.94. The molecular weight excluding hydrogens is 288 g/mol. The quantitative estimate of drug-likeness (QED) is 0.813. The molecule has 2 aromatic heterocycles. The van der Waals surface area contributed by atoms with Gasteiger partial charge in [0, 0.05) is 19.2 Å². The lowest BCUT2D eigenvalue weighted by atomic mass is 10.1. The van der Waals surface area contributed by atoms with Gasteiger partial charge in [0.25, 0.3) is 0 Å². The monoisotopic (exact) mass is 298 g/mol. The van der Waals surface area contributed by atoms with Crippen LogP contribution in [-0.2, 0) is 13.0 Å². The Balaban J connectivity index is 2.07. The molecule has 84 valence electrons. The third-order valence-electron chi connectivity index (χ3n) is 2.22. The minimum atomic E-state index is 0.145. The van der Waals surface area contributed by atoms with Gasteiger partial charge in [0.1, 0.15) is 0 Å². The van der Waals surface area contributed by atoms with Crippen LogP contribution in [0.1, 0.15) is 22.2 Å². The SMILES string of the molecule is CCn1cc(CC(=O)c2ccc(Br)s2)cn1. The first-order chi connectivity index (χ1) is 7.69. The Morgan fingerprint density at radius 1 is 1.56 bits per heavy atom. The lowest BCUT2D eigenvalue weighted by molar-refractivity contribution is 0.0997. The Labute approximate surface area is 106 Å². The van der Waals surface area contributed by atoms with E-state index in [4.69, 9.17) is 0 Å². The fraction of sp³-hybridized carbons (Fsp3) is 0.273. The number of nitrogens with zero attached hydrogens (tertiary/aromatic N) is 2. The van der Waals surface area contributed by atoms with E-state index in [-0.39, 0.29) is 5.78 Å². The molecule has 0 fully saturated rings. The topological polar surface area (TPSA) is 34.9 Å². The number of carbonyl (C=O) groups excluding carboxylic acids is 1. The molecule has 0 aliphatic carbocycles. The van der Waals surface area contributed by atoms with E-state index in [9.17, 15) is 4.79 Å². The number of thiophene rings is 1. The van der Waals surface area contributed by atoms with Crippen molar-refractivity contribution < 1.29 is 4.79 Å². The summed E-state index contributed by atoms with van der Waals surface area (Å²) in [6.07, 6.45) is 4.09. The maximum absolute atomic E-state index is 11.9. The van der Waals surface area contributed by atoms with E-state index >= 15 is 0 Å². The van der Waals surface area contributed by atoms with Gasteiger partial charge in [-0.25, -0.2) is 0 Å². The summed E-state index contributed by atoms with van der Waals surface area (Å²) in [5.74, 6) is 0.145. The minimum Gasteiger partial charge on any atom is -0.293 e. The Bertz CT molecular complexity index is 504. The van der Waals surface area contributed by atoms with Crippen molar-refractivity contribution >= 4 is 33.0 Å². The summed E-state index contributed by atoms with van der Waals surface area (Å²) in [5, 5.41) is 4.15. The van der Waals surface area contributed by atoms with E-state index in [1.54, 1.807) is 6.20 Å². The predicted octanol–water partition coefficient (Wildman–Crippen LogP) is 3.15. The number of rotatable bonds is 4. The van der Waals surface area contributed by atoms with Crippen LogP contribution < -0.4 is 0 Å². The van der Waals surface area contributed by atoms with Crippen LogP contribution in [-0.4, -0.2) is 15.6 Å². The molecule has 0 saturated heterocycles. The van der Waals surface area contributed by atoms with Crippen LogP contribution in [0.15, 0.2) is 28.3 Å². The van der Waals surface area contributed by atoms with Crippen LogP contribution in [0.4, 0.5) is 0 Å². The fourth-order valence-electron chi connectivity index (χ4n) is 1.41. The third-order valence-corrected chi connectivity index (χ3v) is 3.89. The Morgan fingerprint density at radius 3 is 2.94 bits per heavy atom. The Morgan fingerprint density at radius 2 is 2.38 bits per heavy atom. The maximum Gasteiger partial charge on any atom is 0.177 e. The second kappa shape index (κ2) is 4.93. The molecule has 0 aliphatic heterocycles. The van der Waals surface area contributed by atoms with Crippen molar-refractivity contribution in [2.24, 2.45) is 0 Å². The number of Topliss-reactive ketones (excluding diaryl/α,β-unsaturated/α-hetero) is 1. The van der Waals surface area contributed by atoms with E-state index in [1.807, 2.05) is 29.9 Å². The first-order valence-corrected chi connectivity index (χ1v) is 6.60.